The highest BCUT2D eigenvalue weighted by atomic mass is 16.6. The van der Waals surface area contributed by atoms with Gasteiger partial charge in [0, 0.05) is 0 Å². The highest BCUT2D eigenvalue weighted by Crippen LogP contribution is 2.14. The summed E-state index contributed by atoms with van der Waals surface area (Å²) in [6.45, 7) is 9.59. The van der Waals surface area contributed by atoms with Crippen molar-refractivity contribution in [3.63, 3.8) is 0 Å². The summed E-state index contributed by atoms with van der Waals surface area (Å²) < 4.78 is 9.46. The first-order valence-electron chi connectivity index (χ1n) is 5.64. The van der Waals surface area contributed by atoms with E-state index >= 15 is 0 Å². The van der Waals surface area contributed by atoms with Gasteiger partial charge in [-0.15, -0.1) is 0 Å². The first-order chi connectivity index (χ1) is 7.92. The molecule has 0 rings (SSSR count). The zero-order chi connectivity index (χ0) is 14.6. The van der Waals surface area contributed by atoms with E-state index < -0.39 is 35.6 Å². The molecule has 0 saturated heterocycles. The molecule has 0 aromatic carbocycles. The van der Waals surface area contributed by atoms with Gasteiger partial charge in [0.25, 0.3) is 0 Å². The molecule has 0 fully saturated rings. The van der Waals surface area contributed by atoms with Gasteiger partial charge in [-0.3, -0.25) is 4.79 Å². The number of ether oxygens (including phenoxy) is 2. The summed E-state index contributed by atoms with van der Waals surface area (Å²) >= 11 is 0. The number of hydrogen-bond donors (Lipinski definition) is 1. The summed E-state index contributed by atoms with van der Waals surface area (Å²) in [7, 11) is 0. The Morgan fingerprint density at radius 3 is 1.89 bits per heavy atom. The molecule has 0 heterocycles. The molecule has 1 N–H and O–H groups in total. The van der Waals surface area contributed by atoms with E-state index in [1.165, 1.54) is 0 Å². The standard InChI is InChI=1S/C12H21NO5/c1-11(2,3)9(15)17-8(14)7-13-10(16)18-12(4,5)6/h7H2,1-6H3,(H,13,16). The number of nitrogens with one attached hydrogen (secondary N) is 1. The van der Waals surface area contributed by atoms with Crippen LogP contribution in [0.3, 0.4) is 0 Å². The predicted molar refractivity (Wildman–Crippen MR) is 64.8 cm³/mol. The van der Waals surface area contributed by atoms with E-state index in [0.29, 0.717) is 0 Å². The average Bonchev–Trinajstić information content (AvgIpc) is 2.10. The molecule has 0 aliphatic rings. The fourth-order valence-electron chi connectivity index (χ4n) is 0.751. The summed E-state index contributed by atoms with van der Waals surface area (Å²) in [5.74, 6) is -1.46. The molecule has 6 nitrogen and oxygen atoms in total. The summed E-state index contributed by atoms with van der Waals surface area (Å²) in [6.07, 6.45) is -0.734. The topological polar surface area (TPSA) is 81.7 Å². The minimum atomic E-state index is -0.819. The lowest BCUT2D eigenvalue weighted by molar-refractivity contribution is -0.165. The zero-order valence-corrected chi connectivity index (χ0v) is 11.7. The Hall–Kier alpha value is -1.59. The van der Waals surface area contributed by atoms with Crippen molar-refractivity contribution in [2.45, 2.75) is 47.1 Å². The minimum absolute atomic E-state index is 0.406. The van der Waals surface area contributed by atoms with E-state index in [4.69, 9.17) is 4.74 Å². The summed E-state index contributed by atoms with van der Waals surface area (Å²) in [5, 5.41) is 2.21. The van der Waals surface area contributed by atoms with Gasteiger partial charge in [-0.2, -0.15) is 0 Å². The molecule has 0 aromatic heterocycles. The van der Waals surface area contributed by atoms with Crippen LogP contribution >= 0.6 is 0 Å². The van der Waals surface area contributed by atoms with Gasteiger partial charge in [0.15, 0.2) is 0 Å². The zero-order valence-electron chi connectivity index (χ0n) is 11.7. The Morgan fingerprint density at radius 2 is 1.50 bits per heavy atom. The van der Waals surface area contributed by atoms with E-state index in [0.717, 1.165) is 0 Å². The molecular weight excluding hydrogens is 238 g/mol. The van der Waals surface area contributed by atoms with Crippen LogP contribution in [0.25, 0.3) is 0 Å². The lowest BCUT2D eigenvalue weighted by Crippen LogP contribution is -2.37. The number of carbonyl (C=O) groups is 3. The Labute approximate surface area is 107 Å². The van der Waals surface area contributed by atoms with E-state index in [1.54, 1.807) is 41.5 Å². The molecule has 0 aliphatic heterocycles. The average molecular weight is 259 g/mol. The van der Waals surface area contributed by atoms with Crippen molar-refractivity contribution in [3.8, 4) is 0 Å². The molecule has 1 amide bonds. The van der Waals surface area contributed by atoms with Gasteiger partial charge in [0.1, 0.15) is 12.1 Å². The van der Waals surface area contributed by atoms with Gasteiger partial charge >= 0.3 is 18.0 Å². The first kappa shape index (κ1) is 16.4. The molecule has 18 heavy (non-hydrogen) atoms. The van der Waals surface area contributed by atoms with Crippen LogP contribution in [0.15, 0.2) is 0 Å². The van der Waals surface area contributed by atoms with Crippen molar-refractivity contribution in [2.24, 2.45) is 5.41 Å². The third kappa shape index (κ3) is 7.65. The molecule has 0 aliphatic carbocycles. The van der Waals surface area contributed by atoms with Crippen molar-refractivity contribution in [3.05, 3.63) is 0 Å². The summed E-state index contributed by atoms with van der Waals surface area (Å²) in [4.78, 5) is 33.8. The maximum Gasteiger partial charge on any atom is 0.408 e. The van der Waals surface area contributed by atoms with Crippen LogP contribution in [0.2, 0.25) is 0 Å². The highest BCUT2D eigenvalue weighted by Gasteiger charge is 2.26. The van der Waals surface area contributed by atoms with Gasteiger partial charge in [-0.25, -0.2) is 9.59 Å². The van der Waals surface area contributed by atoms with E-state index in [-0.39, 0.29) is 0 Å². The normalized spacial score (nSPS) is 11.7. The number of esters is 2. The van der Waals surface area contributed by atoms with Crippen LogP contribution in [0.5, 0.6) is 0 Å². The number of carbonyl (C=O) groups excluding carboxylic acids is 3. The Balaban J connectivity index is 4.06. The first-order valence-corrected chi connectivity index (χ1v) is 5.64. The predicted octanol–water partition coefficient (Wildman–Crippen LogP) is 1.63. The third-order valence-electron chi connectivity index (χ3n) is 1.59. The van der Waals surface area contributed by atoms with Gasteiger partial charge < -0.3 is 14.8 Å². The van der Waals surface area contributed by atoms with Crippen molar-refractivity contribution < 1.29 is 23.9 Å². The van der Waals surface area contributed by atoms with Crippen LogP contribution in [0.4, 0.5) is 4.79 Å². The van der Waals surface area contributed by atoms with E-state index in [1.807, 2.05) is 0 Å². The SMILES string of the molecule is CC(C)(C)OC(=O)NCC(=O)OC(=O)C(C)(C)C. The largest absolute Gasteiger partial charge is 0.444 e. The molecular formula is C12H21NO5. The molecule has 0 unspecified atom stereocenters. The molecule has 0 spiro atoms. The Kier molecular flexibility index (Phi) is 5.32. The van der Waals surface area contributed by atoms with Crippen LogP contribution < -0.4 is 5.32 Å². The third-order valence-corrected chi connectivity index (χ3v) is 1.59. The molecule has 0 atom stereocenters. The molecule has 104 valence electrons. The summed E-state index contributed by atoms with van der Waals surface area (Å²) in [6, 6.07) is 0. The summed E-state index contributed by atoms with van der Waals surface area (Å²) in [5.41, 5.74) is -1.41. The smallest absolute Gasteiger partial charge is 0.408 e. The molecule has 6 heteroatoms. The lowest BCUT2D eigenvalue weighted by Gasteiger charge is -2.19. The van der Waals surface area contributed by atoms with Crippen molar-refractivity contribution in [2.75, 3.05) is 6.54 Å². The second-order valence-corrected chi connectivity index (χ2v) is 5.87. The monoisotopic (exact) mass is 259 g/mol. The molecule has 0 aromatic rings. The van der Waals surface area contributed by atoms with Gasteiger partial charge in [-0.1, -0.05) is 0 Å². The second kappa shape index (κ2) is 5.84. The molecule has 0 radical (unpaired) electrons. The lowest BCUT2D eigenvalue weighted by atomic mass is 9.97. The van der Waals surface area contributed by atoms with Crippen molar-refractivity contribution in [1.29, 1.82) is 0 Å². The van der Waals surface area contributed by atoms with Crippen LogP contribution in [0, 0.1) is 5.41 Å². The fraction of sp³-hybridized carbons (Fsp3) is 0.750. The quantitative estimate of drug-likeness (QED) is 0.602. The number of hydrogen-bond acceptors (Lipinski definition) is 5. The minimum Gasteiger partial charge on any atom is -0.444 e. The molecule has 0 saturated carbocycles. The van der Waals surface area contributed by atoms with Gasteiger partial charge in [0.05, 0.1) is 5.41 Å². The van der Waals surface area contributed by atoms with Crippen LogP contribution in [-0.4, -0.2) is 30.2 Å². The van der Waals surface area contributed by atoms with Gasteiger partial charge in [0.2, 0.25) is 0 Å². The Bertz CT molecular complexity index is 335. The maximum absolute atomic E-state index is 11.4. The maximum atomic E-state index is 11.4. The number of amides is 1. The van der Waals surface area contributed by atoms with Gasteiger partial charge in [-0.05, 0) is 41.5 Å². The fourth-order valence-corrected chi connectivity index (χ4v) is 0.751. The highest BCUT2D eigenvalue weighted by molar-refractivity contribution is 5.90. The Morgan fingerprint density at radius 1 is 1.00 bits per heavy atom. The number of alkyl carbamates (subject to hydrolysis) is 1. The second-order valence-electron chi connectivity index (χ2n) is 5.87. The molecule has 0 bridgehead atoms. The van der Waals surface area contributed by atoms with Crippen LogP contribution in [0.1, 0.15) is 41.5 Å². The van der Waals surface area contributed by atoms with E-state index in [9.17, 15) is 14.4 Å². The number of rotatable bonds is 2. The van der Waals surface area contributed by atoms with Crippen molar-refractivity contribution >= 4 is 18.0 Å². The van der Waals surface area contributed by atoms with Crippen LogP contribution in [-0.2, 0) is 19.1 Å². The van der Waals surface area contributed by atoms with Crippen molar-refractivity contribution in [1.82, 2.24) is 5.32 Å². The van der Waals surface area contributed by atoms with E-state index in [2.05, 4.69) is 10.1 Å².